The summed E-state index contributed by atoms with van der Waals surface area (Å²) < 4.78 is 17.7. The first-order chi connectivity index (χ1) is 8.65. The SMILES string of the molecule is CCO[C@@H]1C=C(C)C[C@@H](CO[Si](C)(C)C(C)(C)C)O1. The molecule has 0 spiro atoms. The fourth-order valence-corrected chi connectivity index (χ4v) is 2.84. The third kappa shape index (κ3) is 5.03. The molecule has 0 saturated heterocycles. The summed E-state index contributed by atoms with van der Waals surface area (Å²) in [6.45, 7) is 16.8. The van der Waals surface area contributed by atoms with Crippen LogP contribution in [0.25, 0.3) is 0 Å². The van der Waals surface area contributed by atoms with Crippen molar-refractivity contribution in [2.75, 3.05) is 13.2 Å². The lowest BCUT2D eigenvalue weighted by Gasteiger charge is -2.38. The molecule has 19 heavy (non-hydrogen) atoms. The summed E-state index contributed by atoms with van der Waals surface area (Å²) in [5.74, 6) is 0. The van der Waals surface area contributed by atoms with Crippen LogP contribution in [0.3, 0.4) is 0 Å². The van der Waals surface area contributed by atoms with Crippen LogP contribution in [0.4, 0.5) is 0 Å². The van der Waals surface area contributed by atoms with E-state index in [1.807, 2.05) is 6.92 Å². The van der Waals surface area contributed by atoms with Gasteiger partial charge in [-0.05, 0) is 44.5 Å². The lowest BCUT2D eigenvalue weighted by Crippen LogP contribution is -2.44. The molecule has 1 heterocycles. The molecular weight excluding hydrogens is 256 g/mol. The number of hydrogen-bond donors (Lipinski definition) is 0. The average Bonchev–Trinajstić information content (AvgIpc) is 2.25. The van der Waals surface area contributed by atoms with Gasteiger partial charge in [-0.1, -0.05) is 26.3 Å². The first kappa shape index (κ1) is 16.9. The maximum Gasteiger partial charge on any atom is 0.192 e. The van der Waals surface area contributed by atoms with E-state index in [-0.39, 0.29) is 17.4 Å². The van der Waals surface area contributed by atoms with Crippen molar-refractivity contribution in [3.05, 3.63) is 11.6 Å². The molecule has 1 rings (SSSR count). The first-order valence-electron chi connectivity index (χ1n) is 7.24. The van der Waals surface area contributed by atoms with Gasteiger partial charge < -0.3 is 13.9 Å². The van der Waals surface area contributed by atoms with Gasteiger partial charge in [0.1, 0.15) is 0 Å². The summed E-state index contributed by atoms with van der Waals surface area (Å²) in [5.41, 5.74) is 1.33. The predicted molar refractivity (Wildman–Crippen MR) is 81.8 cm³/mol. The molecule has 0 aromatic carbocycles. The zero-order valence-corrected chi connectivity index (χ0v) is 14.6. The fraction of sp³-hybridized carbons (Fsp3) is 0.867. The Kier molecular flexibility index (Phi) is 5.80. The van der Waals surface area contributed by atoms with Gasteiger partial charge in [-0.3, -0.25) is 0 Å². The zero-order chi connectivity index (χ0) is 14.7. The Morgan fingerprint density at radius 1 is 1.37 bits per heavy atom. The zero-order valence-electron chi connectivity index (χ0n) is 13.6. The van der Waals surface area contributed by atoms with Crippen LogP contribution in [0.5, 0.6) is 0 Å². The highest BCUT2D eigenvalue weighted by Gasteiger charge is 2.38. The van der Waals surface area contributed by atoms with Crippen molar-refractivity contribution in [3.8, 4) is 0 Å². The Hall–Kier alpha value is -0.163. The Morgan fingerprint density at radius 3 is 2.53 bits per heavy atom. The largest absolute Gasteiger partial charge is 0.414 e. The van der Waals surface area contributed by atoms with E-state index in [9.17, 15) is 0 Å². The molecule has 0 N–H and O–H groups in total. The molecule has 1 aliphatic heterocycles. The van der Waals surface area contributed by atoms with E-state index in [1.54, 1.807) is 0 Å². The van der Waals surface area contributed by atoms with Crippen molar-refractivity contribution in [2.24, 2.45) is 0 Å². The summed E-state index contributed by atoms with van der Waals surface area (Å²) in [4.78, 5) is 0. The highest BCUT2D eigenvalue weighted by Crippen LogP contribution is 2.37. The van der Waals surface area contributed by atoms with E-state index in [0.717, 1.165) is 6.42 Å². The van der Waals surface area contributed by atoms with Crippen LogP contribution in [0.15, 0.2) is 11.6 Å². The standard InChI is InChI=1S/C15H30O3Si/c1-8-16-14-10-12(2)9-13(18-14)11-17-19(6,7)15(3,4)5/h10,13-14H,8-9,11H2,1-7H3/t13-,14-/m0/s1. The van der Waals surface area contributed by atoms with Gasteiger partial charge >= 0.3 is 0 Å². The summed E-state index contributed by atoms with van der Waals surface area (Å²) >= 11 is 0. The van der Waals surface area contributed by atoms with Crippen molar-refractivity contribution in [1.29, 1.82) is 0 Å². The van der Waals surface area contributed by atoms with Crippen molar-refractivity contribution in [1.82, 2.24) is 0 Å². The van der Waals surface area contributed by atoms with Crippen molar-refractivity contribution in [2.45, 2.75) is 71.6 Å². The van der Waals surface area contributed by atoms with Gasteiger partial charge in [0.25, 0.3) is 0 Å². The third-order valence-electron chi connectivity index (χ3n) is 4.06. The van der Waals surface area contributed by atoms with Gasteiger partial charge in [0.15, 0.2) is 14.6 Å². The molecule has 0 amide bonds. The second kappa shape index (κ2) is 6.53. The molecule has 0 saturated carbocycles. The van der Waals surface area contributed by atoms with E-state index in [1.165, 1.54) is 5.57 Å². The van der Waals surface area contributed by atoms with Crippen LogP contribution in [0.1, 0.15) is 41.0 Å². The normalized spacial score (nSPS) is 25.3. The molecule has 1 aliphatic rings. The molecule has 0 aromatic rings. The highest BCUT2D eigenvalue weighted by molar-refractivity contribution is 6.74. The molecule has 0 radical (unpaired) electrons. The van der Waals surface area contributed by atoms with E-state index in [4.69, 9.17) is 13.9 Å². The number of rotatable bonds is 5. The molecule has 112 valence electrons. The predicted octanol–water partition coefficient (Wildman–Crippen LogP) is 4.11. The highest BCUT2D eigenvalue weighted by atomic mass is 28.4. The van der Waals surface area contributed by atoms with E-state index < -0.39 is 8.32 Å². The molecule has 0 bridgehead atoms. The van der Waals surface area contributed by atoms with E-state index in [2.05, 4.69) is 46.9 Å². The van der Waals surface area contributed by atoms with Gasteiger partial charge in [-0.15, -0.1) is 0 Å². The van der Waals surface area contributed by atoms with Gasteiger partial charge in [0.05, 0.1) is 12.7 Å². The maximum absolute atomic E-state index is 6.24. The van der Waals surface area contributed by atoms with Crippen molar-refractivity contribution < 1.29 is 13.9 Å². The lowest BCUT2D eigenvalue weighted by atomic mass is 10.1. The Morgan fingerprint density at radius 2 is 2.00 bits per heavy atom. The lowest BCUT2D eigenvalue weighted by molar-refractivity contribution is -0.154. The quantitative estimate of drug-likeness (QED) is 0.562. The summed E-state index contributed by atoms with van der Waals surface area (Å²) in [5, 5.41) is 0.242. The summed E-state index contributed by atoms with van der Waals surface area (Å²) in [6, 6.07) is 0. The van der Waals surface area contributed by atoms with Crippen LogP contribution in [0.2, 0.25) is 18.1 Å². The third-order valence-corrected chi connectivity index (χ3v) is 8.56. The topological polar surface area (TPSA) is 27.7 Å². The van der Waals surface area contributed by atoms with Gasteiger partial charge in [-0.2, -0.15) is 0 Å². The minimum Gasteiger partial charge on any atom is -0.414 e. The molecule has 0 aromatic heterocycles. The molecule has 4 heteroatoms. The van der Waals surface area contributed by atoms with Crippen LogP contribution in [0, 0.1) is 0 Å². The Balaban J connectivity index is 2.53. The maximum atomic E-state index is 6.24. The van der Waals surface area contributed by atoms with Gasteiger partial charge in [0.2, 0.25) is 0 Å². The molecule has 0 aliphatic carbocycles. The van der Waals surface area contributed by atoms with Crippen LogP contribution < -0.4 is 0 Å². The van der Waals surface area contributed by atoms with Crippen LogP contribution in [-0.2, 0) is 13.9 Å². The summed E-state index contributed by atoms with van der Waals surface area (Å²) in [6.07, 6.45) is 2.92. The minimum absolute atomic E-state index is 0.121. The smallest absolute Gasteiger partial charge is 0.192 e. The van der Waals surface area contributed by atoms with Crippen LogP contribution >= 0.6 is 0 Å². The molecule has 3 nitrogen and oxygen atoms in total. The van der Waals surface area contributed by atoms with Crippen molar-refractivity contribution >= 4 is 8.32 Å². The molecule has 2 atom stereocenters. The number of hydrogen-bond acceptors (Lipinski definition) is 3. The van der Waals surface area contributed by atoms with Crippen molar-refractivity contribution in [3.63, 3.8) is 0 Å². The second-order valence-electron chi connectivity index (χ2n) is 6.87. The minimum atomic E-state index is -1.69. The average molecular weight is 286 g/mol. The summed E-state index contributed by atoms with van der Waals surface area (Å²) in [7, 11) is -1.69. The monoisotopic (exact) mass is 286 g/mol. The molecular formula is C15H30O3Si. The van der Waals surface area contributed by atoms with E-state index in [0.29, 0.717) is 13.2 Å². The Bertz CT molecular complexity index is 318. The number of ether oxygens (including phenoxy) is 2. The van der Waals surface area contributed by atoms with Gasteiger partial charge in [0, 0.05) is 6.61 Å². The molecule has 0 fully saturated rings. The van der Waals surface area contributed by atoms with Gasteiger partial charge in [-0.25, -0.2) is 0 Å². The fourth-order valence-electron chi connectivity index (χ4n) is 1.80. The molecule has 0 unspecified atom stereocenters. The van der Waals surface area contributed by atoms with E-state index >= 15 is 0 Å². The first-order valence-corrected chi connectivity index (χ1v) is 10.1. The Labute approximate surface area is 119 Å². The second-order valence-corrected chi connectivity index (χ2v) is 11.7. The van der Waals surface area contributed by atoms with Crippen LogP contribution in [-0.4, -0.2) is 33.9 Å².